The molecule has 0 spiro atoms. The van der Waals surface area contributed by atoms with Gasteiger partial charge in [0.1, 0.15) is 5.82 Å². The highest BCUT2D eigenvalue weighted by Crippen LogP contribution is 2.34. The van der Waals surface area contributed by atoms with Crippen LogP contribution in [0, 0.1) is 6.92 Å². The molecule has 3 rings (SSSR count). The van der Waals surface area contributed by atoms with Crippen molar-refractivity contribution in [1.82, 2.24) is 19.7 Å². The number of aryl methyl sites for hydroxylation is 2. The van der Waals surface area contributed by atoms with Crippen molar-refractivity contribution >= 4 is 5.82 Å². The second-order valence-electron chi connectivity index (χ2n) is 6.07. The summed E-state index contributed by atoms with van der Waals surface area (Å²) in [6, 6.07) is 3.79. The summed E-state index contributed by atoms with van der Waals surface area (Å²) in [5, 5.41) is 7.68. The first-order valence-electron chi connectivity index (χ1n) is 8.00. The highest BCUT2D eigenvalue weighted by Gasteiger charge is 2.34. The molecule has 2 heterocycles. The van der Waals surface area contributed by atoms with E-state index in [1.807, 2.05) is 32.2 Å². The van der Waals surface area contributed by atoms with Crippen LogP contribution in [0.2, 0.25) is 0 Å². The van der Waals surface area contributed by atoms with E-state index in [4.69, 9.17) is 0 Å². The highest BCUT2D eigenvalue weighted by molar-refractivity contribution is 5.39. The molecule has 23 heavy (non-hydrogen) atoms. The number of nitrogens with zero attached hydrogens (tertiary/aromatic N) is 4. The summed E-state index contributed by atoms with van der Waals surface area (Å²) in [7, 11) is 0. The fourth-order valence-corrected chi connectivity index (χ4v) is 2.78. The lowest BCUT2D eigenvalue weighted by Crippen LogP contribution is -2.32. The SMILES string of the molecule is CCc1ccn(-c2nc(C)cc(NC3CCC(F)(F)CC3)n2)n1. The van der Waals surface area contributed by atoms with E-state index >= 15 is 0 Å². The van der Waals surface area contributed by atoms with Crippen molar-refractivity contribution in [3.8, 4) is 5.95 Å². The van der Waals surface area contributed by atoms with Crippen LogP contribution in [0.3, 0.4) is 0 Å². The summed E-state index contributed by atoms with van der Waals surface area (Å²) < 4.78 is 28.1. The average molecular weight is 321 g/mol. The average Bonchev–Trinajstić information content (AvgIpc) is 2.98. The molecule has 0 aliphatic heterocycles. The van der Waals surface area contributed by atoms with Gasteiger partial charge in [0.05, 0.1) is 5.69 Å². The first kappa shape index (κ1) is 15.8. The van der Waals surface area contributed by atoms with E-state index in [-0.39, 0.29) is 18.9 Å². The van der Waals surface area contributed by atoms with Gasteiger partial charge in [-0.05, 0) is 32.3 Å². The van der Waals surface area contributed by atoms with Gasteiger partial charge < -0.3 is 5.32 Å². The van der Waals surface area contributed by atoms with Crippen LogP contribution >= 0.6 is 0 Å². The zero-order chi connectivity index (χ0) is 16.4. The van der Waals surface area contributed by atoms with Gasteiger partial charge in [-0.15, -0.1) is 0 Å². The van der Waals surface area contributed by atoms with Crippen LogP contribution in [0.5, 0.6) is 0 Å². The van der Waals surface area contributed by atoms with Crippen molar-refractivity contribution in [2.45, 2.75) is 57.9 Å². The van der Waals surface area contributed by atoms with Crippen molar-refractivity contribution in [2.24, 2.45) is 0 Å². The van der Waals surface area contributed by atoms with Gasteiger partial charge in [-0.3, -0.25) is 0 Å². The third kappa shape index (κ3) is 3.83. The third-order valence-corrected chi connectivity index (χ3v) is 4.12. The number of anilines is 1. The Morgan fingerprint density at radius 2 is 2.04 bits per heavy atom. The zero-order valence-electron chi connectivity index (χ0n) is 13.4. The van der Waals surface area contributed by atoms with E-state index in [1.165, 1.54) is 0 Å². The summed E-state index contributed by atoms with van der Waals surface area (Å²) in [5.74, 6) is -1.36. The minimum absolute atomic E-state index is 0.0283. The van der Waals surface area contributed by atoms with Crippen molar-refractivity contribution in [2.75, 3.05) is 5.32 Å². The van der Waals surface area contributed by atoms with Gasteiger partial charge in [-0.1, -0.05) is 6.92 Å². The molecule has 1 N–H and O–H groups in total. The molecule has 2 aromatic heterocycles. The number of rotatable bonds is 4. The van der Waals surface area contributed by atoms with Crippen LogP contribution in [0.15, 0.2) is 18.3 Å². The summed E-state index contributed by atoms with van der Waals surface area (Å²) in [6.45, 7) is 3.92. The fraction of sp³-hybridized carbons (Fsp3) is 0.562. The fourth-order valence-electron chi connectivity index (χ4n) is 2.78. The largest absolute Gasteiger partial charge is 0.367 e. The predicted molar refractivity (Wildman–Crippen MR) is 84.1 cm³/mol. The molecular weight excluding hydrogens is 300 g/mol. The lowest BCUT2D eigenvalue weighted by atomic mass is 9.92. The van der Waals surface area contributed by atoms with E-state index in [1.54, 1.807) is 4.68 Å². The van der Waals surface area contributed by atoms with Crippen LogP contribution in [-0.2, 0) is 6.42 Å². The molecule has 124 valence electrons. The van der Waals surface area contributed by atoms with Gasteiger partial charge in [0.15, 0.2) is 0 Å². The minimum atomic E-state index is -2.52. The maximum atomic E-state index is 13.2. The lowest BCUT2D eigenvalue weighted by Gasteiger charge is -2.29. The van der Waals surface area contributed by atoms with Gasteiger partial charge in [0.25, 0.3) is 5.95 Å². The number of aromatic nitrogens is 4. The van der Waals surface area contributed by atoms with E-state index in [0.717, 1.165) is 17.8 Å². The van der Waals surface area contributed by atoms with Gasteiger partial charge in [-0.2, -0.15) is 10.1 Å². The molecule has 1 aliphatic carbocycles. The lowest BCUT2D eigenvalue weighted by molar-refractivity contribution is -0.0361. The van der Waals surface area contributed by atoms with Gasteiger partial charge in [0, 0.05) is 36.8 Å². The molecule has 0 atom stereocenters. The molecular formula is C16H21F2N5. The summed E-state index contributed by atoms with van der Waals surface area (Å²) in [6.07, 6.45) is 3.44. The number of hydrogen-bond donors (Lipinski definition) is 1. The zero-order valence-corrected chi connectivity index (χ0v) is 13.4. The monoisotopic (exact) mass is 321 g/mol. The summed E-state index contributed by atoms with van der Waals surface area (Å²) in [5.41, 5.74) is 1.78. The Balaban J connectivity index is 1.75. The molecule has 0 aromatic carbocycles. The number of alkyl halides is 2. The molecule has 5 nitrogen and oxygen atoms in total. The summed E-state index contributed by atoms with van der Waals surface area (Å²) >= 11 is 0. The molecule has 7 heteroatoms. The molecule has 0 bridgehead atoms. The van der Waals surface area contributed by atoms with E-state index in [9.17, 15) is 8.78 Å². The number of nitrogens with one attached hydrogen (secondary N) is 1. The maximum Gasteiger partial charge on any atom is 0.252 e. The summed E-state index contributed by atoms with van der Waals surface area (Å²) in [4.78, 5) is 8.87. The second kappa shape index (κ2) is 6.22. The van der Waals surface area contributed by atoms with Crippen molar-refractivity contribution in [3.63, 3.8) is 0 Å². The minimum Gasteiger partial charge on any atom is -0.367 e. The van der Waals surface area contributed by atoms with E-state index < -0.39 is 5.92 Å². The van der Waals surface area contributed by atoms with E-state index in [2.05, 4.69) is 20.4 Å². The van der Waals surface area contributed by atoms with Gasteiger partial charge >= 0.3 is 0 Å². The molecule has 1 aliphatic rings. The Bertz CT molecular complexity index is 673. The third-order valence-electron chi connectivity index (χ3n) is 4.12. The molecule has 0 unspecified atom stereocenters. The molecule has 0 amide bonds. The van der Waals surface area contributed by atoms with Crippen LogP contribution in [0.1, 0.15) is 44.0 Å². The molecule has 1 saturated carbocycles. The van der Waals surface area contributed by atoms with Crippen LogP contribution in [-0.4, -0.2) is 31.7 Å². The smallest absolute Gasteiger partial charge is 0.252 e. The Labute approximate surface area is 134 Å². The van der Waals surface area contributed by atoms with Crippen LogP contribution in [0.4, 0.5) is 14.6 Å². The normalized spacial score (nSPS) is 18.1. The quantitative estimate of drug-likeness (QED) is 0.936. The predicted octanol–water partition coefficient (Wildman–Crippen LogP) is 3.52. The highest BCUT2D eigenvalue weighted by atomic mass is 19.3. The van der Waals surface area contributed by atoms with Gasteiger partial charge in [-0.25, -0.2) is 18.4 Å². The maximum absolute atomic E-state index is 13.2. The molecule has 2 aromatic rings. The molecule has 1 fully saturated rings. The Hall–Kier alpha value is -2.05. The Kier molecular flexibility index (Phi) is 4.28. The molecule has 0 radical (unpaired) electrons. The van der Waals surface area contributed by atoms with E-state index in [0.29, 0.717) is 24.6 Å². The number of halogens is 2. The van der Waals surface area contributed by atoms with Crippen molar-refractivity contribution in [1.29, 1.82) is 0 Å². The topological polar surface area (TPSA) is 55.6 Å². The van der Waals surface area contributed by atoms with Gasteiger partial charge in [0.2, 0.25) is 5.92 Å². The van der Waals surface area contributed by atoms with Crippen molar-refractivity contribution in [3.05, 3.63) is 29.7 Å². The van der Waals surface area contributed by atoms with Crippen molar-refractivity contribution < 1.29 is 8.78 Å². The van der Waals surface area contributed by atoms with Crippen LogP contribution < -0.4 is 5.32 Å². The first-order valence-corrected chi connectivity index (χ1v) is 8.00. The van der Waals surface area contributed by atoms with Crippen LogP contribution in [0.25, 0.3) is 5.95 Å². The standard InChI is InChI=1S/C16H21F2N5/c1-3-12-6-9-23(22-12)15-19-11(2)10-14(21-15)20-13-4-7-16(17,18)8-5-13/h6,9-10,13H,3-5,7-8H2,1-2H3,(H,19,20,21). The number of hydrogen-bond acceptors (Lipinski definition) is 4. The molecule has 0 saturated heterocycles. The Morgan fingerprint density at radius 1 is 1.30 bits per heavy atom. The second-order valence-corrected chi connectivity index (χ2v) is 6.07. The first-order chi connectivity index (χ1) is 10.9. The Morgan fingerprint density at radius 3 is 2.70 bits per heavy atom.